The summed E-state index contributed by atoms with van der Waals surface area (Å²) < 4.78 is 1.04. The van der Waals surface area contributed by atoms with E-state index in [2.05, 4.69) is 21.2 Å². The van der Waals surface area contributed by atoms with Crippen LogP contribution in [-0.2, 0) is 6.54 Å². The number of hydrogen-bond acceptors (Lipinski definition) is 4. The lowest BCUT2D eigenvalue weighted by Gasteiger charge is -2.09. The second-order valence-electron chi connectivity index (χ2n) is 4.54. The standard InChI is InChI=1S/C15H12BrN3O2/c1-10-6-11(2-4-14(10)16)9-18-15-5-3-13(19(20)21)7-12(15)8-17/h2-7,18H,9H2,1H3. The Kier molecular flexibility index (Phi) is 4.55. The molecule has 2 aromatic carbocycles. The van der Waals surface area contributed by atoms with Gasteiger partial charge in [0, 0.05) is 23.2 Å². The minimum absolute atomic E-state index is 0.0865. The van der Waals surface area contributed by atoms with E-state index in [1.54, 1.807) is 6.07 Å². The van der Waals surface area contributed by atoms with Gasteiger partial charge < -0.3 is 5.32 Å². The minimum atomic E-state index is -0.511. The van der Waals surface area contributed by atoms with Gasteiger partial charge in [0.2, 0.25) is 0 Å². The quantitative estimate of drug-likeness (QED) is 0.666. The van der Waals surface area contributed by atoms with E-state index in [1.165, 1.54) is 12.1 Å². The normalized spacial score (nSPS) is 9.95. The van der Waals surface area contributed by atoms with E-state index < -0.39 is 4.92 Å². The molecule has 0 bridgehead atoms. The number of non-ortho nitro benzene ring substituents is 1. The van der Waals surface area contributed by atoms with Gasteiger partial charge >= 0.3 is 0 Å². The highest BCUT2D eigenvalue weighted by atomic mass is 79.9. The zero-order valence-corrected chi connectivity index (χ0v) is 12.8. The lowest BCUT2D eigenvalue weighted by atomic mass is 10.1. The average Bonchev–Trinajstić information content (AvgIpc) is 2.48. The lowest BCUT2D eigenvalue weighted by Crippen LogP contribution is -2.02. The Labute approximate surface area is 130 Å². The second-order valence-corrected chi connectivity index (χ2v) is 5.39. The van der Waals surface area contributed by atoms with Crippen LogP contribution >= 0.6 is 15.9 Å². The SMILES string of the molecule is Cc1cc(CNc2ccc([N+](=O)[O-])cc2C#N)ccc1Br. The second kappa shape index (κ2) is 6.37. The van der Waals surface area contributed by atoms with Crippen LogP contribution in [0.2, 0.25) is 0 Å². The van der Waals surface area contributed by atoms with E-state index in [4.69, 9.17) is 5.26 Å². The minimum Gasteiger partial charge on any atom is -0.380 e. The zero-order valence-electron chi connectivity index (χ0n) is 11.3. The number of rotatable bonds is 4. The van der Waals surface area contributed by atoms with Gasteiger partial charge in [0.25, 0.3) is 5.69 Å². The highest BCUT2D eigenvalue weighted by Crippen LogP contribution is 2.23. The van der Waals surface area contributed by atoms with E-state index in [0.717, 1.165) is 15.6 Å². The van der Waals surface area contributed by atoms with Crippen LogP contribution in [0.1, 0.15) is 16.7 Å². The van der Waals surface area contributed by atoms with E-state index >= 15 is 0 Å². The molecule has 6 heteroatoms. The Balaban J connectivity index is 2.18. The fourth-order valence-electron chi connectivity index (χ4n) is 1.91. The summed E-state index contributed by atoms with van der Waals surface area (Å²) in [7, 11) is 0. The fraction of sp³-hybridized carbons (Fsp3) is 0.133. The third kappa shape index (κ3) is 3.58. The molecule has 0 heterocycles. The molecule has 0 aromatic heterocycles. The molecule has 0 saturated heterocycles. The number of benzene rings is 2. The number of aryl methyl sites for hydroxylation is 1. The van der Waals surface area contributed by atoms with Crippen LogP contribution in [0.25, 0.3) is 0 Å². The summed E-state index contributed by atoms with van der Waals surface area (Å²) in [6.45, 7) is 2.54. The van der Waals surface area contributed by atoms with Crippen molar-refractivity contribution in [2.24, 2.45) is 0 Å². The van der Waals surface area contributed by atoms with Gasteiger partial charge in [-0.3, -0.25) is 10.1 Å². The number of nitrogens with zero attached hydrogens (tertiary/aromatic N) is 2. The van der Waals surface area contributed by atoms with Crippen LogP contribution in [0.15, 0.2) is 40.9 Å². The van der Waals surface area contributed by atoms with E-state index in [9.17, 15) is 10.1 Å². The Morgan fingerprint density at radius 3 is 2.71 bits per heavy atom. The predicted octanol–water partition coefficient (Wildman–Crippen LogP) is 4.15. The summed E-state index contributed by atoms with van der Waals surface area (Å²) in [5, 5.41) is 22.9. The van der Waals surface area contributed by atoms with Crippen molar-refractivity contribution in [3.63, 3.8) is 0 Å². The molecular formula is C15H12BrN3O2. The van der Waals surface area contributed by atoms with E-state index in [1.807, 2.05) is 31.2 Å². The maximum Gasteiger partial charge on any atom is 0.270 e. The summed E-state index contributed by atoms with van der Waals surface area (Å²) in [5.74, 6) is 0. The molecule has 0 fully saturated rings. The Hall–Kier alpha value is -2.39. The summed E-state index contributed by atoms with van der Waals surface area (Å²) in [5.41, 5.74) is 2.95. The van der Waals surface area contributed by atoms with E-state index in [0.29, 0.717) is 12.2 Å². The maximum absolute atomic E-state index is 10.7. The molecule has 5 nitrogen and oxygen atoms in total. The molecule has 2 aromatic rings. The van der Waals surface area contributed by atoms with Crippen LogP contribution < -0.4 is 5.32 Å². The molecule has 0 radical (unpaired) electrons. The largest absolute Gasteiger partial charge is 0.380 e. The van der Waals surface area contributed by atoms with E-state index in [-0.39, 0.29) is 11.3 Å². The molecule has 21 heavy (non-hydrogen) atoms. The summed E-state index contributed by atoms with van der Waals surface area (Å²) in [6.07, 6.45) is 0. The molecule has 0 aliphatic carbocycles. The third-order valence-electron chi connectivity index (χ3n) is 3.04. The smallest absolute Gasteiger partial charge is 0.270 e. The van der Waals surface area contributed by atoms with Gasteiger partial charge in [0.05, 0.1) is 16.2 Å². The van der Waals surface area contributed by atoms with Gasteiger partial charge in [-0.2, -0.15) is 5.26 Å². The summed E-state index contributed by atoms with van der Waals surface area (Å²) in [4.78, 5) is 10.2. The molecule has 106 valence electrons. The maximum atomic E-state index is 10.7. The molecule has 0 aliphatic heterocycles. The van der Waals surface area contributed by atoms with Gasteiger partial charge in [0.15, 0.2) is 0 Å². The van der Waals surface area contributed by atoms with Crippen molar-refractivity contribution >= 4 is 27.3 Å². The van der Waals surface area contributed by atoms with Gasteiger partial charge in [-0.1, -0.05) is 28.1 Å². The molecular weight excluding hydrogens is 334 g/mol. The molecule has 0 aliphatic rings. The molecule has 0 spiro atoms. The fourth-order valence-corrected chi connectivity index (χ4v) is 2.15. The Morgan fingerprint density at radius 1 is 1.33 bits per heavy atom. The third-order valence-corrected chi connectivity index (χ3v) is 3.93. The summed E-state index contributed by atoms with van der Waals surface area (Å²) in [6, 6.07) is 12.2. The first kappa shape index (κ1) is 15.0. The van der Waals surface area contributed by atoms with Crippen molar-refractivity contribution < 1.29 is 4.92 Å². The van der Waals surface area contributed by atoms with Crippen molar-refractivity contribution in [2.75, 3.05) is 5.32 Å². The number of nitro groups is 1. The number of halogens is 1. The number of nitrogens with one attached hydrogen (secondary N) is 1. The van der Waals surface area contributed by atoms with Gasteiger partial charge in [-0.25, -0.2) is 0 Å². The molecule has 0 atom stereocenters. The van der Waals surface area contributed by atoms with Crippen LogP contribution in [0.3, 0.4) is 0 Å². The predicted molar refractivity (Wildman–Crippen MR) is 84.0 cm³/mol. The average molecular weight is 346 g/mol. The van der Waals surface area contributed by atoms with Crippen molar-refractivity contribution in [1.29, 1.82) is 5.26 Å². The van der Waals surface area contributed by atoms with Crippen molar-refractivity contribution in [2.45, 2.75) is 13.5 Å². The number of nitro benzene ring substituents is 1. The van der Waals surface area contributed by atoms with Gasteiger partial charge in [-0.05, 0) is 30.2 Å². The van der Waals surface area contributed by atoms with Crippen molar-refractivity contribution in [3.05, 3.63) is 67.7 Å². The first-order valence-corrected chi connectivity index (χ1v) is 6.98. The molecule has 0 unspecified atom stereocenters. The van der Waals surface area contributed by atoms with Crippen molar-refractivity contribution in [3.8, 4) is 6.07 Å². The molecule has 1 N–H and O–H groups in total. The number of hydrogen-bond donors (Lipinski definition) is 1. The first-order chi connectivity index (χ1) is 10.0. The highest BCUT2D eigenvalue weighted by Gasteiger charge is 2.10. The number of anilines is 1. The molecule has 2 rings (SSSR count). The number of nitriles is 1. The molecule has 0 amide bonds. The zero-order chi connectivity index (χ0) is 15.4. The first-order valence-electron chi connectivity index (χ1n) is 6.18. The monoisotopic (exact) mass is 345 g/mol. The van der Waals surface area contributed by atoms with Gasteiger partial charge in [-0.15, -0.1) is 0 Å². The lowest BCUT2D eigenvalue weighted by molar-refractivity contribution is -0.384. The van der Waals surface area contributed by atoms with Crippen LogP contribution in [-0.4, -0.2) is 4.92 Å². The van der Waals surface area contributed by atoms with Gasteiger partial charge in [0.1, 0.15) is 6.07 Å². The topological polar surface area (TPSA) is 79.0 Å². The summed E-state index contributed by atoms with van der Waals surface area (Å²) >= 11 is 3.44. The van der Waals surface area contributed by atoms with Crippen LogP contribution in [0.5, 0.6) is 0 Å². The van der Waals surface area contributed by atoms with Crippen molar-refractivity contribution in [1.82, 2.24) is 0 Å². The Bertz CT molecular complexity index is 738. The molecule has 0 saturated carbocycles. The van der Waals surface area contributed by atoms with Crippen LogP contribution in [0.4, 0.5) is 11.4 Å². The van der Waals surface area contributed by atoms with Crippen LogP contribution in [0, 0.1) is 28.4 Å². The Morgan fingerprint density at radius 2 is 2.10 bits per heavy atom. The highest BCUT2D eigenvalue weighted by molar-refractivity contribution is 9.10.